The van der Waals surface area contributed by atoms with Crippen molar-refractivity contribution in [2.24, 2.45) is 5.73 Å². The van der Waals surface area contributed by atoms with Crippen molar-refractivity contribution in [3.63, 3.8) is 0 Å². The molecule has 0 aliphatic carbocycles. The summed E-state index contributed by atoms with van der Waals surface area (Å²) in [5.74, 6) is -0.245. The van der Waals surface area contributed by atoms with E-state index in [4.69, 9.17) is 5.11 Å². The molecule has 0 aromatic carbocycles. The second kappa shape index (κ2) is 7.06. The molecule has 1 aliphatic rings. The van der Waals surface area contributed by atoms with Gasteiger partial charge >= 0.3 is 0 Å². The van der Waals surface area contributed by atoms with E-state index < -0.39 is 0 Å². The number of hydrogen-bond acceptors (Lipinski definition) is 3. The van der Waals surface area contributed by atoms with Crippen LogP contribution in [-0.2, 0) is 4.79 Å². The molecule has 0 aromatic heterocycles. The van der Waals surface area contributed by atoms with Crippen LogP contribution in [0.3, 0.4) is 0 Å². The van der Waals surface area contributed by atoms with Gasteiger partial charge in [-0.05, 0) is 19.4 Å². The Morgan fingerprint density at radius 1 is 1.75 bits per heavy atom. The Bertz CT molecular complexity index is 122. The van der Waals surface area contributed by atoms with Gasteiger partial charge in [-0.3, -0.25) is 4.79 Å². The van der Waals surface area contributed by atoms with Crippen molar-refractivity contribution in [1.82, 2.24) is 5.32 Å². The van der Waals surface area contributed by atoms with Crippen LogP contribution in [0, 0.1) is 0 Å². The van der Waals surface area contributed by atoms with Gasteiger partial charge in [-0.15, -0.1) is 0 Å². The molecule has 12 heavy (non-hydrogen) atoms. The van der Waals surface area contributed by atoms with Crippen molar-refractivity contribution in [3.05, 3.63) is 0 Å². The van der Waals surface area contributed by atoms with Gasteiger partial charge in [-0.2, -0.15) is 0 Å². The summed E-state index contributed by atoms with van der Waals surface area (Å²) in [6.45, 7) is 3.12. The zero-order valence-electron chi connectivity index (χ0n) is 7.55. The van der Waals surface area contributed by atoms with E-state index in [1.165, 1.54) is 6.42 Å². The van der Waals surface area contributed by atoms with Crippen LogP contribution in [0.1, 0.15) is 26.2 Å². The molecule has 0 spiro atoms. The molecule has 1 atom stereocenters. The molecule has 0 aromatic rings. The van der Waals surface area contributed by atoms with E-state index in [1.807, 2.05) is 0 Å². The van der Waals surface area contributed by atoms with Crippen LogP contribution in [0.5, 0.6) is 0 Å². The molecule has 1 saturated heterocycles. The monoisotopic (exact) mass is 174 g/mol. The van der Waals surface area contributed by atoms with E-state index >= 15 is 0 Å². The van der Waals surface area contributed by atoms with Crippen molar-refractivity contribution in [1.29, 1.82) is 0 Å². The third-order valence-electron chi connectivity index (χ3n) is 1.73. The molecule has 1 amide bonds. The van der Waals surface area contributed by atoms with Gasteiger partial charge in [0.2, 0.25) is 5.91 Å². The Morgan fingerprint density at radius 3 is 2.50 bits per heavy atom. The molecule has 1 heterocycles. The first-order valence-electron chi connectivity index (χ1n) is 4.33. The van der Waals surface area contributed by atoms with Crippen molar-refractivity contribution in [2.75, 3.05) is 13.2 Å². The summed E-state index contributed by atoms with van der Waals surface area (Å²) in [6.07, 6.45) is 2.82. The van der Waals surface area contributed by atoms with E-state index in [1.54, 1.807) is 6.92 Å². The van der Waals surface area contributed by atoms with Crippen LogP contribution >= 0.6 is 0 Å². The molecule has 72 valence electrons. The van der Waals surface area contributed by atoms with E-state index in [9.17, 15) is 4.79 Å². The average Bonchev–Trinajstić information content (AvgIpc) is 2.57. The molecular weight excluding hydrogens is 156 g/mol. The molecule has 1 rings (SSSR count). The highest BCUT2D eigenvalue weighted by atomic mass is 16.3. The Labute approximate surface area is 73.1 Å². The molecule has 1 aliphatic heterocycles. The maximum atomic E-state index is 9.59. The van der Waals surface area contributed by atoms with Crippen molar-refractivity contribution in [3.8, 4) is 0 Å². The maximum absolute atomic E-state index is 9.59. The lowest BCUT2D eigenvalue weighted by molar-refractivity contribution is -0.117. The molecule has 4 nitrogen and oxygen atoms in total. The predicted molar refractivity (Wildman–Crippen MR) is 47.6 cm³/mol. The predicted octanol–water partition coefficient (Wildman–Crippen LogP) is -0.388. The summed E-state index contributed by atoms with van der Waals surface area (Å²) in [7, 11) is 0. The van der Waals surface area contributed by atoms with Crippen molar-refractivity contribution >= 4 is 5.91 Å². The first-order chi connectivity index (χ1) is 5.70. The standard InChI is InChI=1S/C5H11NO.C3H7NO/c7-4-5-2-1-3-6-5;1-2-3(4)5/h5-7H,1-4H2;2H2,1H3,(H2,4,5). The Balaban J connectivity index is 0.000000217. The van der Waals surface area contributed by atoms with Crippen molar-refractivity contribution < 1.29 is 9.90 Å². The molecule has 0 bridgehead atoms. The minimum atomic E-state index is -0.245. The van der Waals surface area contributed by atoms with Crippen LogP contribution in [0.15, 0.2) is 0 Å². The molecule has 0 saturated carbocycles. The third kappa shape index (κ3) is 6.12. The van der Waals surface area contributed by atoms with E-state index in [-0.39, 0.29) is 5.91 Å². The minimum absolute atomic E-state index is 0.245. The summed E-state index contributed by atoms with van der Waals surface area (Å²) in [6, 6.07) is 0.403. The normalized spacial score (nSPS) is 21.3. The Morgan fingerprint density at radius 2 is 2.33 bits per heavy atom. The number of hydrogen-bond donors (Lipinski definition) is 3. The number of aliphatic hydroxyl groups is 1. The number of aliphatic hydroxyl groups excluding tert-OH is 1. The topological polar surface area (TPSA) is 75.4 Å². The molecule has 4 heteroatoms. The second-order valence-corrected chi connectivity index (χ2v) is 2.80. The first-order valence-corrected chi connectivity index (χ1v) is 4.33. The number of carbonyl (C=O) groups is 1. The average molecular weight is 174 g/mol. The van der Waals surface area contributed by atoms with Crippen LogP contribution in [0.25, 0.3) is 0 Å². The van der Waals surface area contributed by atoms with Gasteiger partial charge in [-0.1, -0.05) is 6.92 Å². The van der Waals surface area contributed by atoms with Gasteiger partial charge in [0.1, 0.15) is 0 Å². The third-order valence-corrected chi connectivity index (χ3v) is 1.73. The highest BCUT2D eigenvalue weighted by Gasteiger charge is 2.10. The zero-order chi connectivity index (χ0) is 9.40. The lowest BCUT2D eigenvalue weighted by Crippen LogP contribution is -2.24. The van der Waals surface area contributed by atoms with Gasteiger partial charge in [0, 0.05) is 12.5 Å². The number of nitrogens with one attached hydrogen (secondary N) is 1. The number of carbonyl (C=O) groups excluding carboxylic acids is 1. The van der Waals surface area contributed by atoms with Crippen molar-refractivity contribution in [2.45, 2.75) is 32.2 Å². The van der Waals surface area contributed by atoms with Gasteiger partial charge in [0.05, 0.1) is 6.61 Å². The highest BCUT2D eigenvalue weighted by Crippen LogP contribution is 2.02. The fourth-order valence-corrected chi connectivity index (χ4v) is 0.913. The van der Waals surface area contributed by atoms with Crippen LogP contribution in [0.2, 0.25) is 0 Å². The van der Waals surface area contributed by atoms with Crippen LogP contribution < -0.4 is 11.1 Å². The largest absolute Gasteiger partial charge is 0.395 e. The van der Waals surface area contributed by atoms with E-state index in [2.05, 4.69) is 11.1 Å². The highest BCUT2D eigenvalue weighted by molar-refractivity contribution is 5.73. The molecular formula is C8H18N2O2. The first kappa shape index (κ1) is 11.4. The SMILES string of the molecule is CCC(N)=O.OCC1CCCN1. The van der Waals surface area contributed by atoms with Crippen LogP contribution in [-0.4, -0.2) is 30.2 Å². The smallest absolute Gasteiger partial charge is 0.217 e. The molecule has 1 fully saturated rings. The van der Waals surface area contributed by atoms with Gasteiger partial charge < -0.3 is 16.2 Å². The number of rotatable bonds is 2. The lowest BCUT2D eigenvalue weighted by atomic mass is 10.2. The number of nitrogens with two attached hydrogens (primary N) is 1. The van der Waals surface area contributed by atoms with E-state index in [0.29, 0.717) is 19.1 Å². The number of amides is 1. The summed E-state index contributed by atoms with van der Waals surface area (Å²) < 4.78 is 0. The minimum Gasteiger partial charge on any atom is -0.395 e. The second-order valence-electron chi connectivity index (χ2n) is 2.80. The summed E-state index contributed by atoms with van der Waals surface area (Å²) in [5.41, 5.74) is 4.65. The fraction of sp³-hybridized carbons (Fsp3) is 0.875. The van der Waals surface area contributed by atoms with E-state index in [0.717, 1.165) is 13.0 Å². The molecule has 0 radical (unpaired) electrons. The van der Waals surface area contributed by atoms with Gasteiger partial charge in [0.15, 0.2) is 0 Å². The summed E-state index contributed by atoms with van der Waals surface area (Å²) in [5, 5.41) is 11.7. The maximum Gasteiger partial charge on any atom is 0.217 e. The Hall–Kier alpha value is -0.610. The lowest BCUT2D eigenvalue weighted by Gasteiger charge is -2.01. The van der Waals surface area contributed by atoms with Gasteiger partial charge in [0.25, 0.3) is 0 Å². The Kier molecular flexibility index (Phi) is 6.70. The summed E-state index contributed by atoms with van der Waals surface area (Å²) in [4.78, 5) is 9.59. The quantitative estimate of drug-likeness (QED) is 0.534. The molecule has 1 unspecified atom stereocenters. The zero-order valence-corrected chi connectivity index (χ0v) is 7.55. The van der Waals surface area contributed by atoms with Gasteiger partial charge in [-0.25, -0.2) is 0 Å². The fourth-order valence-electron chi connectivity index (χ4n) is 0.913. The number of primary amides is 1. The molecule has 4 N–H and O–H groups in total. The summed E-state index contributed by atoms with van der Waals surface area (Å²) >= 11 is 0. The van der Waals surface area contributed by atoms with Crippen LogP contribution in [0.4, 0.5) is 0 Å².